The molecule has 4 N–H and O–H groups in total. The maximum atomic E-state index is 9.23. The number of rotatable bonds is 8. The highest BCUT2D eigenvalue weighted by Crippen LogP contribution is 2.31. The number of aliphatic imine (C=N–C) groups is 1. The molecule has 134 valence electrons. The first-order valence-corrected chi connectivity index (χ1v) is 8.06. The van der Waals surface area contributed by atoms with E-state index in [1.165, 1.54) is 0 Å². The fourth-order valence-electron chi connectivity index (χ4n) is 2.80. The summed E-state index contributed by atoms with van der Waals surface area (Å²) < 4.78 is 16.0. The second-order valence-electron chi connectivity index (χ2n) is 6.02. The Morgan fingerprint density at radius 1 is 1.38 bits per heavy atom. The van der Waals surface area contributed by atoms with Gasteiger partial charge in [0.15, 0.2) is 17.5 Å². The van der Waals surface area contributed by atoms with Crippen molar-refractivity contribution in [2.75, 3.05) is 40.6 Å². The van der Waals surface area contributed by atoms with Crippen molar-refractivity contribution in [2.45, 2.75) is 19.4 Å². The van der Waals surface area contributed by atoms with Gasteiger partial charge in [0.2, 0.25) is 0 Å². The van der Waals surface area contributed by atoms with Crippen molar-refractivity contribution in [3.8, 4) is 11.5 Å². The molecular weight excluding hydrogens is 310 g/mol. The molecule has 0 saturated carbocycles. The summed E-state index contributed by atoms with van der Waals surface area (Å²) in [5.41, 5.74) is 6.88. The molecule has 1 aromatic rings. The smallest absolute Gasteiger partial charge is 0.188 e. The van der Waals surface area contributed by atoms with Gasteiger partial charge in [0.1, 0.15) is 0 Å². The van der Waals surface area contributed by atoms with Gasteiger partial charge in [0.25, 0.3) is 0 Å². The van der Waals surface area contributed by atoms with Gasteiger partial charge >= 0.3 is 0 Å². The molecule has 1 atom stereocenters. The first kappa shape index (κ1) is 18.4. The Morgan fingerprint density at radius 2 is 2.17 bits per heavy atom. The van der Waals surface area contributed by atoms with Crippen molar-refractivity contribution in [1.29, 1.82) is 0 Å². The number of guanidine groups is 1. The summed E-state index contributed by atoms with van der Waals surface area (Å²) in [6.45, 7) is 2.61. The standard InChI is InChI=1S/C17H27N3O4/c1-22-14-4-3-13(9-15(14)23-2)10-19-16(18)20-11-17(5-7-21)6-8-24-12-17/h3-4,9,21H,5-8,10-12H2,1-2H3,(H3,18,19,20). The molecule has 1 fully saturated rings. The van der Waals surface area contributed by atoms with Crippen molar-refractivity contribution in [2.24, 2.45) is 16.1 Å². The molecule has 1 aliphatic rings. The Labute approximate surface area is 142 Å². The minimum absolute atomic E-state index is 0.0573. The average molecular weight is 337 g/mol. The predicted octanol–water partition coefficient (Wildman–Crippen LogP) is 0.897. The van der Waals surface area contributed by atoms with Gasteiger partial charge in [-0.25, -0.2) is 4.99 Å². The van der Waals surface area contributed by atoms with E-state index in [1.807, 2.05) is 18.2 Å². The van der Waals surface area contributed by atoms with Crippen molar-refractivity contribution in [3.05, 3.63) is 23.8 Å². The van der Waals surface area contributed by atoms with Crippen LogP contribution in [-0.2, 0) is 11.3 Å². The Kier molecular flexibility index (Phi) is 6.69. The van der Waals surface area contributed by atoms with Gasteiger partial charge in [0.05, 0.1) is 27.4 Å². The number of benzene rings is 1. The first-order chi connectivity index (χ1) is 11.6. The molecule has 1 aromatic carbocycles. The number of nitrogens with zero attached hydrogens (tertiary/aromatic N) is 1. The number of ether oxygens (including phenoxy) is 3. The Balaban J connectivity index is 1.91. The zero-order valence-electron chi connectivity index (χ0n) is 14.4. The second-order valence-corrected chi connectivity index (χ2v) is 6.02. The normalized spacial score (nSPS) is 20.9. The van der Waals surface area contributed by atoms with Crippen LogP contribution in [0.3, 0.4) is 0 Å². The quantitative estimate of drug-likeness (QED) is 0.481. The lowest BCUT2D eigenvalue weighted by Gasteiger charge is -2.26. The van der Waals surface area contributed by atoms with Crippen LogP contribution in [0.25, 0.3) is 0 Å². The van der Waals surface area contributed by atoms with Gasteiger partial charge < -0.3 is 30.4 Å². The second kappa shape index (κ2) is 8.75. The molecule has 0 aromatic heterocycles. The lowest BCUT2D eigenvalue weighted by atomic mass is 9.84. The Hall–Kier alpha value is -1.99. The summed E-state index contributed by atoms with van der Waals surface area (Å²) in [7, 11) is 3.21. The zero-order chi connectivity index (χ0) is 17.4. The van der Waals surface area contributed by atoms with Crippen LogP contribution in [0.2, 0.25) is 0 Å². The average Bonchev–Trinajstić information content (AvgIpc) is 3.07. The fraction of sp³-hybridized carbons (Fsp3) is 0.588. The molecule has 0 aliphatic carbocycles. The molecule has 1 heterocycles. The van der Waals surface area contributed by atoms with Crippen LogP contribution in [0.1, 0.15) is 18.4 Å². The first-order valence-electron chi connectivity index (χ1n) is 8.06. The topological polar surface area (TPSA) is 98.3 Å². The van der Waals surface area contributed by atoms with Crippen LogP contribution >= 0.6 is 0 Å². The van der Waals surface area contributed by atoms with E-state index >= 15 is 0 Å². The summed E-state index contributed by atoms with van der Waals surface area (Å²) >= 11 is 0. The van der Waals surface area contributed by atoms with Gasteiger partial charge in [-0.2, -0.15) is 0 Å². The zero-order valence-corrected chi connectivity index (χ0v) is 14.4. The summed E-state index contributed by atoms with van der Waals surface area (Å²) in [5, 5.41) is 12.4. The molecule has 24 heavy (non-hydrogen) atoms. The van der Waals surface area contributed by atoms with Gasteiger partial charge in [-0.3, -0.25) is 0 Å². The van der Waals surface area contributed by atoms with Crippen molar-refractivity contribution < 1.29 is 19.3 Å². The third kappa shape index (κ3) is 4.75. The number of nitrogens with two attached hydrogens (primary N) is 1. The largest absolute Gasteiger partial charge is 0.493 e. The van der Waals surface area contributed by atoms with E-state index < -0.39 is 0 Å². The molecule has 1 saturated heterocycles. The maximum absolute atomic E-state index is 9.23. The highest BCUT2D eigenvalue weighted by molar-refractivity contribution is 5.77. The summed E-state index contributed by atoms with van der Waals surface area (Å²) in [6.07, 6.45) is 1.62. The van der Waals surface area contributed by atoms with E-state index in [-0.39, 0.29) is 12.0 Å². The van der Waals surface area contributed by atoms with Crippen LogP contribution in [-0.4, -0.2) is 51.7 Å². The lowest BCUT2D eigenvalue weighted by Crippen LogP contribution is -2.42. The Morgan fingerprint density at radius 3 is 2.79 bits per heavy atom. The van der Waals surface area contributed by atoms with E-state index in [0.717, 1.165) is 18.6 Å². The highest BCUT2D eigenvalue weighted by Gasteiger charge is 2.34. The molecule has 7 heteroatoms. The molecule has 7 nitrogen and oxygen atoms in total. The molecular formula is C17H27N3O4. The summed E-state index contributed by atoms with van der Waals surface area (Å²) in [4.78, 5) is 4.36. The third-order valence-corrected chi connectivity index (χ3v) is 4.35. The van der Waals surface area contributed by atoms with E-state index in [9.17, 15) is 5.11 Å². The van der Waals surface area contributed by atoms with E-state index in [2.05, 4.69) is 10.3 Å². The van der Waals surface area contributed by atoms with Crippen LogP contribution in [0.4, 0.5) is 0 Å². The van der Waals surface area contributed by atoms with Crippen molar-refractivity contribution >= 4 is 5.96 Å². The Bertz CT molecular complexity index is 557. The molecule has 0 spiro atoms. The van der Waals surface area contributed by atoms with Gasteiger partial charge in [-0.1, -0.05) is 6.07 Å². The third-order valence-electron chi connectivity index (χ3n) is 4.35. The number of aliphatic hydroxyl groups is 1. The van der Waals surface area contributed by atoms with E-state index in [4.69, 9.17) is 19.9 Å². The predicted molar refractivity (Wildman–Crippen MR) is 92.4 cm³/mol. The number of aliphatic hydroxyl groups excluding tert-OH is 1. The van der Waals surface area contributed by atoms with Crippen LogP contribution in [0.15, 0.2) is 23.2 Å². The fourth-order valence-corrected chi connectivity index (χ4v) is 2.80. The van der Waals surface area contributed by atoms with E-state index in [1.54, 1.807) is 14.2 Å². The highest BCUT2D eigenvalue weighted by atomic mass is 16.5. The number of hydrogen-bond donors (Lipinski definition) is 3. The number of hydrogen-bond acceptors (Lipinski definition) is 5. The molecule has 2 rings (SSSR count). The van der Waals surface area contributed by atoms with Crippen LogP contribution < -0.4 is 20.5 Å². The van der Waals surface area contributed by atoms with Crippen molar-refractivity contribution in [3.63, 3.8) is 0 Å². The minimum Gasteiger partial charge on any atom is -0.493 e. The SMILES string of the molecule is COc1ccc(CN=C(N)NCC2(CCO)CCOC2)cc1OC. The molecule has 0 radical (unpaired) electrons. The lowest BCUT2D eigenvalue weighted by molar-refractivity contribution is 0.128. The van der Waals surface area contributed by atoms with Gasteiger partial charge in [-0.05, 0) is 30.5 Å². The van der Waals surface area contributed by atoms with Crippen LogP contribution in [0, 0.1) is 5.41 Å². The van der Waals surface area contributed by atoms with Crippen molar-refractivity contribution in [1.82, 2.24) is 5.32 Å². The molecule has 1 unspecified atom stereocenters. The molecule has 1 aliphatic heterocycles. The molecule has 0 bridgehead atoms. The van der Waals surface area contributed by atoms with Gasteiger partial charge in [-0.15, -0.1) is 0 Å². The minimum atomic E-state index is -0.0573. The monoisotopic (exact) mass is 337 g/mol. The van der Waals surface area contributed by atoms with Crippen LogP contribution in [0.5, 0.6) is 11.5 Å². The number of nitrogens with one attached hydrogen (secondary N) is 1. The maximum Gasteiger partial charge on any atom is 0.188 e. The van der Waals surface area contributed by atoms with Gasteiger partial charge in [0, 0.05) is 25.2 Å². The van der Waals surface area contributed by atoms with E-state index in [0.29, 0.717) is 43.6 Å². The summed E-state index contributed by atoms with van der Waals surface area (Å²) in [5.74, 6) is 1.74. The summed E-state index contributed by atoms with van der Waals surface area (Å²) in [6, 6.07) is 5.66. The molecule has 0 amide bonds. The number of methoxy groups -OCH3 is 2.